The van der Waals surface area contributed by atoms with Crippen molar-refractivity contribution in [3.8, 4) is 0 Å². The van der Waals surface area contributed by atoms with Crippen molar-refractivity contribution >= 4 is 29.4 Å². The van der Waals surface area contributed by atoms with Gasteiger partial charge in [-0.3, -0.25) is 19.3 Å². The molecule has 5 amide bonds. The topological polar surface area (TPSA) is 108 Å². The van der Waals surface area contributed by atoms with Gasteiger partial charge < -0.3 is 16.0 Å². The normalized spacial score (nSPS) is 19.9. The summed E-state index contributed by atoms with van der Waals surface area (Å²) in [5, 5.41) is 8.28. The second kappa shape index (κ2) is 9.05. The third-order valence-corrected chi connectivity index (χ3v) is 6.00. The molecule has 1 unspecified atom stereocenters. The summed E-state index contributed by atoms with van der Waals surface area (Å²) in [6, 6.07) is 13.8. The molecule has 1 aliphatic carbocycles. The Labute approximate surface area is 192 Å². The van der Waals surface area contributed by atoms with Gasteiger partial charge in [-0.1, -0.05) is 49.7 Å². The molecule has 0 bridgehead atoms. The number of urea groups is 1. The minimum absolute atomic E-state index is 0.181. The van der Waals surface area contributed by atoms with Gasteiger partial charge >= 0.3 is 6.03 Å². The van der Waals surface area contributed by atoms with Crippen LogP contribution in [-0.2, 0) is 21.5 Å². The third-order valence-electron chi connectivity index (χ3n) is 6.00. The van der Waals surface area contributed by atoms with Gasteiger partial charge in [0.15, 0.2) is 0 Å². The Morgan fingerprint density at radius 1 is 1.09 bits per heavy atom. The number of carbonyl (C=O) groups excluding carboxylic acids is 4. The predicted octanol–water partition coefficient (Wildman–Crippen LogP) is 2.94. The first-order valence-corrected chi connectivity index (χ1v) is 11.2. The lowest BCUT2D eigenvalue weighted by molar-refractivity contribution is -0.133. The summed E-state index contributed by atoms with van der Waals surface area (Å²) >= 11 is 0. The average Bonchev–Trinajstić information content (AvgIpc) is 3.58. The number of nitrogens with zero attached hydrogens (tertiary/aromatic N) is 1. The molecule has 0 aromatic heterocycles. The van der Waals surface area contributed by atoms with Crippen molar-refractivity contribution in [2.45, 2.75) is 51.1 Å². The molecule has 4 rings (SSSR count). The number of nitrogens with one attached hydrogen (secondary N) is 3. The van der Waals surface area contributed by atoms with E-state index in [0.29, 0.717) is 16.8 Å². The summed E-state index contributed by atoms with van der Waals surface area (Å²) in [7, 11) is 0. The van der Waals surface area contributed by atoms with Crippen LogP contribution < -0.4 is 16.0 Å². The monoisotopic (exact) mass is 448 g/mol. The molecule has 1 aliphatic heterocycles. The highest BCUT2D eigenvalue weighted by molar-refractivity contribution is 6.11. The van der Waals surface area contributed by atoms with Crippen LogP contribution in [0.4, 0.5) is 10.5 Å². The molecule has 172 valence electrons. The number of benzene rings is 2. The molecule has 1 heterocycles. The van der Waals surface area contributed by atoms with E-state index in [9.17, 15) is 19.2 Å². The lowest BCUT2D eigenvalue weighted by atomic mass is 9.91. The first kappa shape index (κ1) is 22.5. The standard InChI is InChI=1S/C25H28N4O4/c1-3-6-16-9-11-17(12-10-16)25(2)23(32)29(24(33)28-25)15-21(30)27-20-8-5-4-7-19(20)22(31)26-18-13-14-18/h4-5,7-12,18H,3,6,13-15H2,1-2H3,(H,26,31)(H,27,30)(H,28,33). The van der Waals surface area contributed by atoms with Crippen molar-refractivity contribution in [1.29, 1.82) is 0 Å². The Morgan fingerprint density at radius 2 is 1.79 bits per heavy atom. The van der Waals surface area contributed by atoms with Gasteiger partial charge in [0.2, 0.25) is 5.91 Å². The molecule has 3 N–H and O–H groups in total. The SMILES string of the molecule is CCCc1ccc(C2(C)NC(=O)N(CC(=O)Nc3ccccc3C(=O)NC3CC3)C2=O)cc1. The van der Waals surface area contributed by atoms with E-state index in [0.717, 1.165) is 36.1 Å². The summed E-state index contributed by atoms with van der Waals surface area (Å²) in [4.78, 5) is 51.8. The lowest BCUT2D eigenvalue weighted by Crippen LogP contribution is -2.42. The van der Waals surface area contributed by atoms with Gasteiger partial charge in [-0.2, -0.15) is 0 Å². The Kier molecular flexibility index (Phi) is 6.18. The van der Waals surface area contributed by atoms with Crippen LogP contribution in [0.3, 0.4) is 0 Å². The van der Waals surface area contributed by atoms with Crippen LogP contribution in [0, 0.1) is 0 Å². The molecular weight excluding hydrogens is 420 g/mol. The fourth-order valence-corrected chi connectivity index (χ4v) is 3.94. The van der Waals surface area contributed by atoms with E-state index in [2.05, 4.69) is 22.9 Å². The molecule has 8 heteroatoms. The van der Waals surface area contributed by atoms with Crippen molar-refractivity contribution in [2.75, 3.05) is 11.9 Å². The first-order valence-electron chi connectivity index (χ1n) is 11.2. The van der Waals surface area contributed by atoms with Gasteiger partial charge in [-0.05, 0) is 49.4 Å². The average molecular weight is 449 g/mol. The van der Waals surface area contributed by atoms with Crippen molar-refractivity contribution in [3.05, 3.63) is 65.2 Å². The van der Waals surface area contributed by atoms with E-state index < -0.39 is 29.9 Å². The minimum Gasteiger partial charge on any atom is -0.349 e. The summed E-state index contributed by atoms with van der Waals surface area (Å²) in [6.45, 7) is 3.28. The van der Waals surface area contributed by atoms with Crippen LogP contribution in [-0.4, -0.2) is 41.2 Å². The summed E-state index contributed by atoms with van der Waals surface area (Å²) in [5.41, 5.74) is 1.24. The highest BCUT2D eigenvalue weighted by Gasteiger charge is 2.49. The molecule has 0 radical (unpaired) electrons. The zero-order valence-electron chi connectivity index (χ0n) is 18.8. The van der Waals surface area contributed by atoms with Crippen LogP contribution in [0.5, 0.6) is 0 Å². The second-order valence-corrected chi connectivity index (χ2v) is 8.73. The quantitative estimate of drug-likeness (QED) is 0.540. The highest BCUT2D eigenvalue weighted by atomic mass is 16.2. The van der Waals surface area contributed by atoms with E-state index in [-0.39, 0.29) is 11.9 Å². The zero-order valence-corrected chi connectivity index (χ0v) is 18.8. The maximum atomic E-state index is 13.1. The van der Waals surface area contributed by atoms with Crippen molar-refractivity contribution in [1.82, 2.24) is 15.5 Å². The van der Waals surface area contributed by atoms with Crippen LogP contribution >= 0.6 is 0 Å². The highest BCUT2D eigenvalue weighted by Crippen LogP contribution is 2.29. The van der Waals surface area contributed by atoms with Gasteiger partial charge in [0.1, 0.15) is 12.1 Å². The van der Waals surface area contributed by atoms with Gasteiger partial charge in [-0.15, -0.1) is 0 Å². The number of imide groups is 1. The summed E-state index contributed by atoms with van der Waals surface area (Å²) in [6.07, 6.45) is 3.85. The van der Waals surface area contributed by atoms with Gasteiger partial charge in [0, 0.05) is 6.04 Å². The van der Waals surface area contributed by atoms with Crippen LogP contribution in [0.2, 0.25) is 0 Å². The van der Waals surface area contributed by atoms with Gasteiger partial charge in [-0.25, -0.2) is 4.79 Å². The maximum Gasteiger partial charge on any atom is 0.325 e. The number of hydrogen-bond donors (Lipinski definition) is 3. The number of rotatable bonds is 8. The van der Waals surface area contributed by atoms with E-state index >= 15 is 0 Å². The maximum absolute atomic E-state index is 13.1. The summed E-state index contributed by atoms with van der Waals surface area (Å²) < 4.78 is 0. The van der Waals surface area contributed by atoms with Crippen LogP contribution in [0.15, 0.2) is 48.5 Å². The molecule has 2 aliphatic rings. The number of carbonyl (C=O) groups is 4. The largest absolute Gasteiger partial charge is 0.349 e. The Morgan fingerprint density at radius 3 is 2.45 bits per heavy atom. The first-order chi connectivity index (χ1) is 15.8. The Hall–Kier alpha value is -3.68. The second-order valence-electron chi connectivity index (χ2n) is 8.73. The summed E-state index contributed by atoms with van der Waals surface area (Å²) in [5.74, 6) is -1.32. The predicted molar refractivity (Wildman–Crippen MR) is 124 cm³/mol. The van der Waals surface area contributed by atoms with Crippen molar-refractivity contribution in [2.24, 2.45) is 0 Å². The van der Waals surface area contributed by atoms with E-state index in [1.165, 1.54) is 0 Å². The molecule has 1 atom stereocenters. The third kappa shape index (κ3) is 4.74. The molecule has 33 heavy (non-hydrogen) atoms. The fourth-order valence-electron chi connectivity index (χ4n) is 3.94. The van der Waals surface area contributed by atoms with E-state index in [1.54, 1.807) is 31.2 Å². The number of para-hydroxylation sites is 1. The Bertz CT molecular complexity index is 1090. The zero-order chi connectivity index (χ0) is 23.6. The Balaban J connectivity index is 1.45. The molecule has 0 spiro atoms. The van der Waals surface area contributed by atoms with Crippen molar-refractivity contribution < 1.29 is 19.2 Å². The minimum atomic E-state index is -1.25. The number of anilines is 1. The number of aryl methyl sites for hydroxylation is 1. The molecular formula is C25H28N4O4. The van der Waals surface area contributed by atoms with Gasteiger partial charge in [0.05, 0.1) is 11.3 Å². The fraction of sp³-hybridized carbons (Fsp3) is 0.360. The van der Waals surface area contributed by atoms with E-state index in [1.807, 2.05) is 24.3 Å². The number of hydrogen-bond acceptors (Lipinski definition) is 4. The molecule has 1 saturated heterocycles. The van der Waals surface area contributed by atoms with Crippen LogP contribution in [0.1, 0.15) is 54.6 Å². The van der Waals surface area contributed by atoms with Gasteiger partial charge in [0.25, 0.3) is 11.8 Å². The smallest absolute Gasteiger partial charge is 0.325 e. The number of amides is 5. The molecule has 8 nitrogen and oxygen atoms in total. The molecule has 1 saturated carbocycles. The molecule has 2 aromatic rings. The molecule has 2 fully saturated rings. The van der Waals surface area contributed by atoms with E-state index in [4.69, 9.17) is 0 Å². The molecule has 2 aromatic carbocycles. The lowest BCUT2D eigenvalue weighted by Gasteiger charge is -2.22. The van der Waals surface area contributed by atoms with Crippen molar-refractivity contribution in [3.63, 3.8) is 0 Å². The van der Waals surface area contributed by atoms with Crippen LogP contribution in [0.25, 0.3) is 0 Å².